The minimum atomic E-state index is 0.640. The van der Waals surface area contributed by atoms with Gasteiger partial charge in [0.15, 0.2) is 0 Å². The second kappa shape index (κ2) is 5.96. The summed E-state index contributed by atoms with van der Waals surface area (Å²) in [6.07, 6.45) is 1.53. The highest BCUT2D eigenvalue weighted by Crippen LogP contribution is 2.34. The molecule has 5 nitrogen and oxygen atoms in total. The topological polar surface area (TPSA) is 87.0 Å². The minimum Gasteiger partial charge on any atom is -0.496 e. The molecule has 0 radical (unpaired) electrons. The van der Waals surface area contributed by atoms with Gasteiger partial charge in [0.25, 0.3) is 0 Å². The summed E-state index contributed by atoms with van der Waals surface area (Å²) in [6.45, 7) is 1.94. The van der Waals surface area contributed by atoms with Crippen molar-refractivity contribution in [3.63, 3.8) is 0 Å². The fraction of sp³-hybridized carbons (Fsp3) is 0.111. The summed E-state index contributed by atoms with van der Waals surface area (Å²) in [5.74, 6) is 0.759. The Morgan fingerprint density at radius 2 is 1.61 bits per heavy atom. The summed E-state index contributed by atoms with van der Waals surface area (Å²) in [7, 11) is 1.64. The smallest absolute Gasteiger partial charge is 0.128 e. The van der Waals surface area contributed by atoms with Crippen molar-refractivity contribution in [3.05, 3.63) is 54.4 Å². The summed E-state index contributed by atoms with van der Waals surface area (Å²) in [5.41, 5.74) is 17.6. The van der Waals surface area contributed by atoms with E-state index in [9.17, 15) is 0 Å². The first kappa shape index (κ1) is 14.8. The first-order chi connectivity index (χ1) is 11.1. The normalized spacial score (nSPS) is 10.5. The van der Waals surface area contributed by atoms with Crippen molar-refractivity contribution in [2.75, 3.05) is 18.6 Å². The van der Waals surface area contributed by atoms with E-state index >= 15 is 0 Å². The number of hydrogen-bond acceptors (Lipinski definition) is 5. The van der Waals surface area contributed by atoms with E-state index in [0.717, 1.165) is 33.8 Å². The van der Waals surface area contributed by atoms with Gasteiger partial charge in [-0.05, 0) is 42.8 Å². The molecule has 23 heavy (non-hydrogen) atoms. The van der Waals surface area contributed by atoms with E-state index in [1.807, 2.05) is 37.3 Å². The molecule has 0 aliphatic heterocycles. The quantitative estimate of drug-likeness (QED) is 0.725. The van der Waals surface area contributed by atoms with Crippen molar-refractivity contribution in [2.45, 2.75) is 6.92 Å². The maximum Gasteiger partial charge on any atom is 0.128 e. The van der Waals surface area contributed by atoms with Crippen LogP contribution in [0.15, 0.2) is 48.8 Å². The van der Waals surface area contributed by atoms with Gasteiger partial charge in [0.1, 0.15) is 12.1 Å². The van der Waals surface area contributed by atoms with Crippen molar-refractivity contribution in [3.8, 4) is 28.3 Å². The van der Waals surface area contributed by atoms with Gasteiger partial charge >= 0.3 is 0 Å². The predicted octanol–water partition coefficient (Wildman–Crippen LogP) is 3.29. The lowest BCUT2D eigenvalue weighted by molar-refractivity contribution is 0.416. The van der Waals surface area contributed by atoms with Crippen molar-refractivity contribution in [1.82, 2.24) is 9.97 Å². The molecule has 4 N–H and O–H groups in total. The Bertz CT molecular complexity index is 861. The van der Waals surface area contributed by atoms with Gasteiger partial charge < -0.3 is 16.2 Å². The van der Waals surface area contributed by atoms with E-state index < -0.39 is 0 Å². The Morgan fingerprint density at radius 3 is 2.39 bits per heavy atom. The zero-order valence-corrected chi connectivity index (χ0v) is 13.1. The highest BCUT2D eigenvalue weighted by atomic mass is 16.5. The van der Waals surface area contributed by atoms with Crippen molar-refractivity contribution in [1.29, 1.82) is 0 Å². The lowest BCUT2D eigenvalue weighted by Gasteiger charge is -2.13. The molecule has 0 spiro atoms. The monoisotopic (exact) mass is 306 g/mol. The van der Waals surface area contributed by atoms with Crippen LogP contribution in [-0.4, -0.2) is 17.1 Å². The van der Waals surface area contributed by atoms with Crippen LogP contribution in [-0.2, 0) is 0 Å². The fourth-order valence-corrected chi connectivity index (χ4v) is 2.59. The van der Waals surface area contributed by atoms with E-state index in [1.165, 1.54) is 6.33 Å². The van der Waals surface area contributed by atoms with Gasteiger partial charge in [-0.25, -0.2) is 9.97 Å². The molecule has 116 valence electrons. The molecular weight excluding hydrogens is 288 g/mol. The van der Waals surface area contributed by atoms with E-state index in [2.05, 4.69) is 9.97 Å². The molecule has 3 aromatic rings. The van der Waals surface area contributed by atoms with Crippen LogP contribution in [0.25, 0.3) is 22.5 Å². The van der Waals surface area contributed by atoms with E-state index in [0.29, 0.717) is 11.4 Å². The van der Waals surface area contributed by atoms with Crippen LogP contribution in [0.5, 0.6) is 5.75 Å². The lowest BCUT2D eigenvalue weighted by atomic mass is 10.00. The standard InChI is InChI=1S/C18H18N4O/c1-11-13(19)7-8-14(20)18(11)16-9-15(21-10-22-16)12-5-3-4-6-17(12)23-2/h3-10H,19-20H2,1-2H3. The second-order valence-corrected chi connectivity index (χ2v) is 5.23. The summed E-state index contributed by atoms with van der Waals surface area (Å²) in [4.78, 5) is 8.73. The molecule has 0 saturated carbocycles. The number of ether oxygens (including phenoxy) is 1. The van der Waals surface area contributed by atoms with E-state index in [4.69, 9.17) is 16.2 Å². The molecule has 0 unspecified atom stereocenters. The number of nitrogens with zero attached hydrogens (tertiary/aromatic N) is 2. The zero-order chi connectivity index (χ0) is 16.4. The van der Waals surface area contributed by atoms with E-state index in [1.54, 1.807) is 19.2 Å². The number of methoxy groups -OCH3 is 1. The average molecular weight is 306 g/mol. The Kier molecular flexibility index (Phi) is 3.85. The second-order valence-electron chi connectivity index (χ2n) is 5.23. The number of anilines is 2. The Morgan fingerprint density at radius 1 is 0.913 bits per heavy atom. The molecule has 0 aliphatic carbocycles. The number of nitrogens with two attached hydrogens (primary N) is 2. The van der Waals surface area contributed by atoms with Crippen LogP contribution in [0.3, 0.4) is 0 Å². The van der Waals surface area contributed by atoms with Gasteiger partial charge in [-0.1, -0.05) is 12.1 Å². The molecule has 5 heteroatoms. The molecular formula is C18H18N4O. The molecule has 0 amide bonds. The number of aromatic nitrogens is 2. The maximum absolute atomic E-state index is 6.13. The molecule has 0 fully saturated rings. The lowest BCUT2D eigenvalue weighted by Crippen LogP contribution is -2.00. The Balaban J connectivity index is 2.17. The van der Waals surface area contributed by atoms with Crippen molar-refractivity contribution < 1.29 is 4.74 Å². The molecule has 3 rings (SSSR count). The summed E-state index contributed by atoms with van der Waals surface area (Å²) < 4.78 is 5.41. The van der Waals surface area contributed by atoms with Gasteiger partial charge in [0, 0.05) is 22.5 Å². The third-order valence-electron chi connectivity index (χ3n) is 3.85. The number of para-hydroxylation sites is 1. The van der Waals surface area contributed by atoms with Crippen LogP contribution >= 0.6 is 0 Å². The number of nitrogen functional groups attached to an aromatic ring is 2. The van der Waals surface area contributed by atoms with E-state index in [-0.39, 0.29) is 0 Å². The number of rotatable bonds is 3. The van der Waals surface area contributed by atoms with Crippen LogP contribution < -0.4 is 16.2 Å². The largest absolute Gasteiger partial charge is 0.496 e. The third kappa shape index (κ3) is 2.68. The third-order valence-corrected chi connectivity index (χ3v) is 3.85. The van der Waals surface area contributed by atoms with Crippen molar-refractivity contribution >= 4 is 11.4 Å². The number of benzene rings is 2. The van der Waals surface area contributed by atoms with Crippen LogP contribution in [0.2, 0.25) is 0 Å². The van der Waals surface area contributed by atoms with Gasteiger partial charge in [-0.2, -0.15) is 0 Å². The van der Waals surface area contributed by atoms with Crippen LogP contribution in [0.1, 0.15) is 5.56 Å². The Hall–Kier alpha value is -3.08. The van der Waals surface area contributed by atoms with Crippen LogP contribution in [0, 0.1) is 6.92 Å². The molecule has 0 atom stereocenters. The van der Waals surface area contributed by atoms with Gasteiger partial charge in [0.2, 0.25) is 0 Å². The Labute approximate surface area is 135 Å². The van der Waals surface area contributed by atoms with Crippen molar-refractivity contribution in [2.24, 2.45) is 0 Å². The van der Waals surface area contributed by atoms with Crippen LogP contribution in [0.4, 0.5) is 11.4 Å². The summed E-state index contributed by atoms with van der Waals surface area (Å²) >= 11 is 0. The molecule has 1 aromatic heterocycles. The molecule has 0 saturated heterocycles. The van der Waals surface area contributed by atoms with Gasteiger partial charge in [0.05, 0.1) is 18.5 Å². The maximum atomic E-state index is 6.13. The molecule has 1 heterocycles. The molecule has 2 aromatic carbocycles. The SMILES string of the molecule is COc1ccccc1-c1cc(-c2c(N)ccc(N)c2C)ncn1. The predicted molar refractivity (Wildman–Crippen MR) is 93.0 cm³/mol. The summed E-state index contributed by atoms with van der Waals surface area (Å²) in [6, 6.07) is 13.2. The highest BCUT2D eigenvalue weighted by Gasteiger charge is 2.13. The highest BCUT2D eigenvalue weighted by molar-refractivity contribution is 5.83. The average Bonchev–Trinajstić information content (AvgIpc) is 2.59. The van der Waals surface area contributed by atoms with Gasteiger partial charge in [-0.15, -0.1) is 0 Å². The number of hydrogen-bond donors (Lipinski definition) is 2. The zero-order valence-electron chi connectivity index (χ0n) is 13.1. The van der Waals surface area contributed by atoms with Gasteiger partial charge in [-0.3, -0.25) is 0 Å². The fourth-order valence-electron chi connectivity index (χ4n) is 2.59. The molecule has 0 aliphatic rings. The molecule has 0 bridgehead atoms. The summed E-state index contributed by atoms with van der Waals surface area (Å²) in [5, 5.41) is 0. The minimum absolute atomic E-state index is 0.640. The first-order valence-corrected chi connectivity index (χ1v) is 7.22. The first-order valence-electron chi connectivity index (χ1n) is 7.22.